The molecule has 0 aliphatic heterocycles. The average molecular weight is 295 g/mol. The van der Waals surface area contributed by atoms with Crippen molar-refractivity contribution < 1.29 is 4.74 Å². The van der Waals surface area contributed by atoms with Crippen molar-refractivity contribution in [2.45, 2.75) is 33.5 Å². The number of benzene rings is 1. The van der Waals surface area contributed by atoms with Gasteiger partial charge in [0.05, 0.1) is 0 Å². The van der Waals surface area contributed by atoms with Crippen LogP contribution in [0, 0.1) is 0 Å². The standard InChI is InChI=1S/C14H19ClN4O/c1-3-16-8-11-12(15)6-5-7-13(11)20-9-14-17-10-18-19(14)4-2/h5-7,10,16H,3-4,8-9H2,1-2H3. The van der Waals surface area contributed by atoms with Crippen LogP contribution in [0.2, 0.25) is 5.02 Å². The maximum atomic E-state index is 6.23. The Morgan fingerprint density at radius 2 is 2.20 bits per heavy atom. The van der Waals surface area contributed by atoms with Crippen LogP contribution in [0.15, 0.2) is 24.5 Å². The van der Waals surface area contributed by atoms with Gasteiger partial charge >= 0.3 is 0 Å². The Kier molecular flexibility index (Phi) is 5.38. The van der Waals surface area contributed by atoms with E-state index in [0.717, 1.165) is 30.2 Å². The maximum absolute atomic E-state index is 6.23. The highest BCUT2D eigenvalue weighted by molar-refractivity contribution is 6.31. The molecule has 0 atom stereocenters. The Morgan fingerprint density at radius 1 is 1.35 bits per heavy atom. The SMILES string of the molecule is CCNCc1c(Cl)cccc1OCc1ncnn1CC. The van der Waals surface area contributed by atoms with E-state index in [-0.39, 0.29) is 0 Å². The second-order valence-electron chi connectivity index (χ2n) is 4.28. The molecule has 0 fully saturated rings. The fraction of sp³-hybridized carbons (Fsp3) is 0.429. The third-order valence-electron chi connectivity index (χ3n) is 2.98. The minimum atomic E-state index is 0.382. The summed E-state index contributed by atoms with van der Waals surface area (Å²) in [7, 11) is 0. The number of nitrogens with one attached hydrogen (secondary N) is 1. The van der Waals surface area contributed by atoms with Crippen LogP contribution in [0.3, 0.4) is 0 Å². The van der Waals surface area contributed by atoms with E-state index in [0.29, 0.717) is 18.2 Å². The molecule has 0 unspecified atom stereocenters. The van der Waals surface area contributed by atoms with Gasteiger partial charge in [0.1, 0.15) is 18.7 Å². The van der Waals surface area contributed by atoms with Crippen LogP contribution in [0.4, 0.5) is 0 Å². The zero-order valence-corrected chi connectivity index (χ0v) is 12.5. The lowest BCUT2D eigenvalue weighted by Gasteiger charge is -2.13. The first-order valence-electron chi connectivity index (χ1n) is 6.73. The summed E-state index contributed by atoms with van der Waals surface area (Å²) in [6.07, 6.45) is 1.54. The number of ether oxygens (including phenoxy) is 1. The number of aryl methyl sites for hydroxylation is 1. The lowest BCUT2D eigenvalue weighted by Crippen LogP contribution is -2.14. The van der Waals surface area contributed by atoms with Crippen LogP contribution >= 0.6 is 11.6 Å². The first-order valence-corrected chi connectivity index (χ1v) is 7.11. The fourth-order valence-electron chi connectivity index (χ4n) is 1.90. The Hall–Kier alpha value is -1.59. The molecule has 2 aromatic rings. The quantitative estimate of drug-likeness (QED) is 0.853. The van der Waals surface area contributed by atoms with Crippen molar-refractivity contribution in [1.82, 2.24) is 20.1 Å². The molecule has 108 valence electrons. The van der Waals surface area contributed by atoms with Gasteiger partial charge in [-0.15, -0.1) is 0 Å². The fourth-order valence-corrected chi connectivity index (χ4v) is 2.13. The molecule has 0 radical (unpaired) electrons. The number of halogens is 1. The predicted molar refractivity (Wildman–Crippen MR) is 78.9 cm³/mol. The molecule has 1 aromatic carbocycles. The van der Waals surface area contributed by atoms with Crippen LogP contribution in [-0.4, -0.2) is 21.3 Å². The zero-order valence-electron chi connectivity index (χ0n) is 11.8. The number of rotatable bonds is 7. The van der Waals surface area contributed by atoms with Crippen molar-refractivity contribution in [3.8, 4) is 5.75 Å². The highest BCUT2D eigenvalue weighted by Crippen LogP contribution is 2.26. The molecule has 0 saturated carbocycles. The Bertz CT molecular complexity index is 556. The Morgan fingerprint density at radius 3 is 2.95 bits per heavy atom. The molecule has 2 rings (SSSR count). The van der Waals surface area contributed by atoms with Gasteiger partial charge in [0.15, 0.2) is 5.82 Å². The Labute approximate surface area is 123 Å². The molecule has 0 aliphatic rings. The second kappa shape index (κ2) is 7.26. The van der Waals surface area contributed by atoms with Crippen molar-refractivity contribution in [3.05, 3.63) is 40.9 Å². The summed E-state index contributed by atoms with van der Waals surface area (Å²) < 4.78 is 7.67. The molecule has 5 nitrogen and oxygen atoms in total. The molecule has 0 aliphatic carbocycles. The van der Waals surface area contributed by atoms with Gasteiger partial charge in [0, 0.05) is 23.7 Å². The highest BCUT2D eigenvalue weighted by atomic mass is 35.5. The van der Waals surface area contributed by atoms with E-state index in [1.54, 1.807) is 6.33 Å². The smallest absolute Gasteiger partial charge is 0.164 e. The van der Waals surface area contributed by atoms with Crippen LogP contribution in [0.5, 0.6) is 5.75 Å². The number of hydrogen-bond acceptors (Lipinski definition) is 4. The second-order valence-corrected chi connectivity index (χ2v) is 4.68. The predicted octanol–water partition coefficient (Wildman–Crippen LogP) is 2.64. The van der Waals surface area contributed by atoms with E-state index < -0.39 is 0 Å². The van der Waals surface area contributed by atoms with Gasteiger partial charge in [-0.3, -0.25) is 0 Å². The molecule has 0 spiro atoms. The van der Waals surface area contributed by atoms with Crippen LogP contribution in [0.1, 0.15) is 25.2 Å². The summed E-state index contributed by atoms with van der Waals surface area (Å²) >= 11 is 6.23. The van der Waals surface area contributed by atoms with Crippen LogP contribution in [0.25, 0.3) is 0 Å². The zero-order chi connectivity index (χ0) is 14.4. The van der Waals surface area contributed by atoms with Crippen LogP contribution in [-0.2, 0) is 19.7 Å². The summed E-state index contributed by atoms with van der Waals surface area (Å²) in [5, 5.41) is 8.10. The van der Waals surface area contributed by atoms with E-state index in [1.807, 2.05) is 29.8 Å². The van der Waals surface area contributed by atoms with Gasteiger partial charge < -0.3 is 10.1 Å². The van der Waals surface area contributed by atoms with E-state index in [2.05, 4.69) is 22.3 Å². The first-order chi connectivity index (χ1) is 9.76. The molecule has 20 heavy (non-hydrogen) atoms. The molecular weight excluding hydrogens is 276 g/mol. The number of hydrogen-bond donors (Lipinski definition) is 1. The highest BCUT2D eigenvalue weighted by Gasteiger charge is 2.10. The summed E-state index contributed by atoms with van der Waals surface area (Å²) in [4.78, 5) is 4.19. The largest absolute Gasteiger partial charge is 0.485 e. The Balaban J connectivity index is 2.10. The van der Waals surface area contributed by atoms with Crippen molar-refractivity contribution >= 4 is 11.6 Å². The lowest BCUT2D eigenvalue weighted by molar-refractivity contribution is 0.284. The third kappa shape index (κ3) is 3.49. The molecule has 0 amide bonds. The molecule has 1 heterocycles. The summed E-state index contributed by atoms with van der Waals surface area (Å²) in [5.74, 6) is 1.59. The van der Waals surface area contributed by atoms with Gasteiger partial charge in [0.2, 0.25) is 0 Å². The van der Waals surface area contributed by atoms with Crippen LogP contribution < -0.4 is 10.1 Å². The molecule has 0 saturated heterocycles. The minimum absolute atomic E-state index is 0.382. The lowest BCUT2D eigenvalue weighted by atomic mass is 10.2. The number of aromatic nitrogens is 3. The van der Waals surface area contributed by atoms with E-state index in [9.17, 15) is 0 Å². The summed E-state index contributed by atoms with van der Waals surface area (Å²) in [5.41, 5.74) is 0.971. The molecule has 0 bridgehead atoms. The van der Waals surface area contributed by atoms with Crippen molar-refractivity contribution in [3.63, 3.8) is 0 Å². The van der Waals surface area contributed by atoms with Crippen molar-refractivity contribution in [2.75, 3.05) is 6.54 Å². The van der Waals surface area contributed by atoms with Crippen molar-refractivity contribution in [2.24, 2.45) is 0 Å². The maximum Gasteiger partial charge on any atom is 0.164 e. The van der Waals surface area contributed by atoms with Gasteiger partial charge in [-0.1, -0.05) is 24.6 Å². The summed E-state index contributed by atoms with van der Waals surface area (Å²) in [6.45, 7) is 6.81. The molecule has 1 N–H and O–H groups in total. The molecular formula is C14H19ClN4O. The van der Waals surface area contributed by atoms with Crippen molar-refractivity contribution in [1.29, 1.82) is 0 Å². The minimum Gasteiger partial charge on any atom is -0.485 e. The molecule has 6 heteroatoms. The van der Waals surface area contributed by atoms with Gasteiger partial charge in [-0.2, -0.15) is 5.10 Å². The topological polar surface area (TPSA) is 52.0 Å². The number of nitrogens with zero attached hydrogens (tertiary/aromatic N) is 3. The van der Waals surface area contributed by atoms with Gasteiger partial charge in [-0.25, -0.2) is 9.67 Å². The van der Waals surface area contributed by atoms with Gasteiger partial charge in [-0.05, 0) is 25.6 Å². The van der Waals surface area contributed by atoms with Gasteiger partial charge in [0.25, 0.3) is 0 Å². The average Bonchev–Trinajstić information content (AvgIpc) is 2.91. The molecule has 1 aromatic heterocycles. The van der Waals surface area contributed by atoms with E-state index in [1.165, 1.54) is 0 Å². The van der Waals surface area contributed by atoms with E-state index in [4.69, 9.17) is 16.3 Å². The normalized spacial score (nSPS) is 10.8. The monoisotopic (exact) mass is 294 g/mol. The third-order valence-corrected chi connectivity index (χ3v) is 3.33. The summed E-state index contributed by atoms with van der Waals surface area (Å²) in [6, 6.07) is 5.68. The first kappa shape index (κ1) is 14.8. The van der Waals surface area contributed by atoms with E-state index >= 15 is 0 Å².